The molecule has 0 bridgehead atoms. The molecule has 0 saturated carbocycles. The van der Waals surface area contributed by atoms with E-state index in [1.807, 2.05) is 72.8 Å². The van der Waals surface area contributed by atoms with Crippen molar-refractivity contribution in [3.8, 4) is 91.3 Å². The van der Waals surface area contributed by atoms with Crippen molar-refractivity contribution in [3.05, 3.63) is 155 Å². The second-order valence-corrected chi connectivity index (χ2v) is 22.4. The summed E-state index contributed by atoms with van der Waals surface area (Å²) in [6.07, 6.45) is 25.8. The van der Waals surface area contributed by atoms with E-state index < -0.39 is 0 Å². The molecule has 0 fully saturated rings. The SMILES string of the molecule is CCCCCCCCCCCCOc1ccc(-c2nc(-c3ccc(C)cc3)nc(-c3ccc(C)cc3)n2)c(O)c1.CCCCCCCCCCCCOc1ccc(-c2nc(-c3ccc(C)cc3C)nc(-c3ccc(C)cc3C)n2)c(O)c1. The summed E-state index contributed by atoms with van der Waals surface area (Å²) in [5.41, 5.74) is 11.7. The molecule has 0 aliphatic rings. The molecule has 8 rings (SSSR count). The van der Waals surface area contributed by atoms with Crippen molar-refractivity contribution in [2.75, 3.05) is 13.2 Å². The van der Waals surface area contributed by atoms with Gasteiger partial charge in [-0.05, 0) is 89.8 Å². The van der Waals surface area contributed by atoms with Crippen LogP contribution in [0.4, 0.5) is 0 Å². The summed E-state index contributed by atoms with van der Waals surface area (Å²) in [5, 5.41) is 22.0. The van der Waals surface area contributed by atoms with Gasteiger partial charge in [-0.1, -0.05) is 237 Å². The van der Waals surface area contributed by atoms with E-state index >= 15 is 0 Å². The predicted octanol–water partition coefficient (Wildman–Crippen LogP) is 19.6. The highest BCUT2D eigenvalue weighted by Gasteiger charge is 2.19. The summed E-state index contributed by atoms with van der Waals surface area (Å²) in [6.45, 7) is 18.2. The minimum Gasteiger partial charge on any atom is -0.507 e. The third kappa shape index (κ3) is 19.3. The zero-order valence-electron chi connectivity index (χ0n) is 50.5. The van der Waals surface area contributed by atoms with Crippen LogP contribution in [0, 0.1) is 41.5 Å². The number of hydrogen-bond donors (Lipinski definition) is 2. The van der Waals surface area contributed by atoms with Crippen LogP contribution in [0.1, 0.15) is 176 Å². The highest BCUT2D eigenvalue weighted by Crippen LogP contribution is 2.36. The Kier molecular flexibility index (Phi) is 24.9. The van der Waals surface area contributed by atoms with Gasteiger partial charge in [-0.3, -0.25) is 0 Å². The molecule has 0 aliphatic carbocycles. The summed E-state index contributed by atoms with van der Waals surface area (Å²) in [6, 6.07) is 39.5. The van der Waals surface area contributed by atoms with E-state index in [0.29, 0.717) is 70.8 Å². The fourth-order valence-electron chi connectivity index (χ4n) is 10.2. The molecular weight excluding hydrogens is 1010 g/mol. The lowest BCUT2D eigenvalue weighted by Gasteiger charge is -2.13. The van der Waals surface area contributed by atoms with Crippen LogP contribution in [0.2, 0.25) is 0 Å². The summed E-state index contributed by atoms with van der Waals surface area (Å²) in [4.78, 5) is 28.8. The number of phenolic OH excluding ortho intramolecular Hbond substituents is 2. The minimum atomic E-state index is 0.0940. The Morgan fingerprint density at radius 2 is 0.573 bits per heavy atom. The Hall–Kier alpha value is -7.46. The van der Waals surface area contributed by atoms with E-state index in [1.54, 1.807) is 12.1 Å². The largest absolute Gasteiger partial charge is 0.507 e. The Bertz CT molecular complexity index is 3100. The van der Waals surface area contributed by atoms with E-state index in [2.05, 4.69) is 91.8 Å². The summed E-state index contributed by atoms with van der Waals surface area (Å²) in [7, 11) is 0. The Morgan fingerprint density at radius 1 is 0.293 bits per heavy atom. The van der Waals surface area contributed by atoms with Crippen molar-refractivity contribution in [1.82, 2.24) is 29.9 Å². The van der Waals surface area contributed by atoms with Crippen LogP contribution in [0.25, 0.3) is 68.3 Å². The minimum absolute atomic E-state index is 0.0940. The summed E-state index contributed by atoms with van der Waals surface area (Å²) < 4.78 is 11.9. The molecule has 0 unspecified atom stereocenters. The van der Waals surface area contributed by atoms with Gasteiger partial charge in [-0.25, -0.2) is 29.9 Å². The molecule has 0 aliphatic heterocycles. The number of aromatic hydroxyl groups is 2. The molecule has 0 amide bonds. The molecule has 10 nitrogen and oxygen atoms in total. The summed E-state index contributed by atoms with van der Waals surface area (Å²) in [5.74, 6) is 4.70. The predicted molar refractivity (Wildman–Crippen MR) is 339 cm³/mol. The molecule has 0 radical (unpaired) electrons. The van der Waals surface area contributed by atoms with Crippen LogP contribution in [-0.2, 0) is 0 Å². The lowest BCUT2D eigenvalue weighted by atomic mass is 10.0. The van der Waals surface area contributed by atoms with Crippen LogP contribution in [0.5, 0.6) is 23.0 Å². The molecule has 0 atom stereocenters. The van der Waals surface area contributed by atoms with Crippen LogP contribution < -0.4 is 9.47 Å². The molecule has 432 valence electrons. The van der Waals surface area contributed by atoms with Crippen LogP contribution in [0.3, 0.4) is 0 Å². The number of hydrogen-bond acceptors (Lipinski definition) is 10. The maximum Gasteiger partial charge on any atom is 0.167 e. The van der Waals surface area contributed by atoms with Gasteiger partial charge >= 0.3 is 0 Å². The highest BCUT2D eigenvalue weighted by atomic mass is 16.5. The van der Waals surface area contributed by atoms with Gasteiger partial charge in [-0.15, -0.1) is 0 Å². The number of rotatable bonds is 30. The Labute approximate surface area is 490 Å². The third-order valence-electron chi connectivity index (χ3n) is 15.1. The Balaban J connectivity index is 0.000000236. The van der Waals surface area contributed by atoms with E-state index in [9.17, 15) is 10.2 Å². The number of nitrogens with zero attached hydrogens (tertiary/aromatic N) is 6. The highest BCUT2D eigenvalue weighted by molar-refractivity contribution is 5.73. The number of aryl methyl sites for hydroxylation is 6. The van der Waals surface area contributed by atoms with E-state index in [-0.39, 0.29) is 11.5 Å². The topological polar surface area (TPSA) is 136 Å². The molecule has 2 aromatic heterocycles. The lowest BCUT2D eigenvalue weighted by molar-refractivity contribution is 0.302. The zero-order valence-corrected chi connectivity index (χ0v) is 50.5. The molecule has 10 heteroatoms. The smallest absolute Gasteiger partial charge is 0.167 e. The second-order valence-electron chi connectivity index (χ2n) is 22.4. The maximum absolute atomic E-state index is 11.0. The fourth-order valence-corrected chi connectivity index (χ4v) is 10.2. The van der Waals surface area contributed by atoms with Gasteiger partial charge in [0.1, 0.15) is 23.0 Å². The van der Waals surface area contributed by atoms with Gasteiger partial charge in [0.05, 0.1) is 24.3 Å². The second kappa shape index (κ2) is 32.8. The summed E-state index contributed by atoms with van der Waals surface area (Å²) >= 11 is 0. The molecule has 82 heavy (non-hydrogen) atoms. The van der Waals surface area contributed by atoms with Gasteiger partial charge in [0.25, 0.3) is 0 Å². The standard InChI is InChI=1S/C37H47N3O2.C35H43N3O2/c1-6-7-8-9-10-11-12-13-14-15-22-42-30-18-21-33(34(41)25-30)37-39-35(31-19-16-26(2)23-28(31)4)38-36(40-37)32-20-17-27(3)24-29(32)5;1-4-5-6-7-8-9-10-11-12-13-24-40-30-22-23-31(32(39)25-30)35-37-33(28-18-14-26(2)15-19-28)36-34(38-35)29-20-16-27(3)17-21-29/h16-21,23-25,41H,6-15,22H2,1-5H3;14-23,25,39H,4-13,24H2,1-3H3. The first-order chi connectivity index (χ1) is 39.9. The van der Waals surface area contributed by atoms with Crippen molar-refractivity contribution >= 4 is 0 Å². The van der Waals surface area contributed by atoms with Gasteiger partial charge in [0, 0.05) is 34.4 Å². The number of unbranched alkanes of at least 4 members (excludes halogenated alkanes) is 18. The first-order valence-corrected chi connectivity index (χ1v) is 30.6. The van der Waals surface area contributed by atoms with Crippen molar-refractivity contribution < 1.29 is 19.7 Å². The number of benzene rings is 6. The quantitative estimate of drug-likeness (QED) is 0.0419. The molecule has 0 saturated heterocycles. The van der Waals surface area contributed by atoms with Crippen molar-refractivity contribution in [2.45, 2.75) is 184 Å². The van der Waals surface area contributed by atoms with E-state index in [0.717, 1.165) is 46.2 Å². The Morgan fingerprint density at radius 3 is 0.902 bits per heavy atom. The lowest BCUT2D eigenvalue weighted by Crippen LogP contribution is -2.02. The van der Waals surface area contributed by atoms with Crippen molar-refractivity contribution in [2.24, 2.45) is 0 Å². The molecule has 6 aromatic carbocycles. The molecule has 0 spiro atoms. The van der Waals surface area contributed by atoms with E-state index in [1.165, 1.54) is 138 Å². The first kappa shape index (κ1) is 62.1. The van der Waals surface area contributed by atoms with Crippen LogP contribution in [0.15, 0.2) is 121 Å². The average molecular weight is 1100 g/mol. The zero-order chi connectivity index (χ0) is 58.1. The molecule has 2 heterocycles. The number of aromatic nitrogens is 6. The van der Waals surface area contributed by atoms with E-state index in [4.69, 9.17) is 39.4 Å². The molecule has 2 N–H and O–H groups in total. The van der Waals surface area contributed by atoms with Crippen LogP contribution in [-0.4, -0.2) is 53.3 Å². The molecular formula is C72H90N6O4. The number of ether oxygens (including phenoxy) is 2. The van der Waals surface area contributed by atoms with Gasteiger partial charge in [-0.2, -0.15) is 0 Å². The van der Waals surface area contributed by atoms with Gasteiger partial charge < -0.3 is 19.7 Å². The van der Waals surface area contributed by atoms with Crippen molar-refractivity contribution in [3.63, 3.8) is 0 Å². The number of phenols is 2. The van der Waals surface area contributed by atoms with Crippen LogP contribution >= 0.6 is 0 Å². The maximum atomic E-state index is 11.0. The first-order valence-electron chi connectivity index (χ1n) is 30.6. The third-order valence-corrected chi connectivity index (χ3v) is 15.1. The normalized spacial score (nSPS) is 11.1. The fraction of sp³-hybridized carbons (Fsp3) is 0.417. The monoisotopic (exact) mass is 1100 g/mol. The molecule has 8 aromatic rings. The van der Waals surface area contributed by atoms with Gasteiger partial charge in [0.2, 0.25) is 0 Å². The average Bonchev–Trinajstić information content (AvgIpc) is 3.41. The van der Waals surface area contributed by atoms with Crippen molar-refractivity contribution in [1.29, 1.82) is 0 Å². The van der Waals surface area contributed by atoms with Gasteiger partial charge in [0.15, 0.2) is 34.9 Å².